The number of carboxylic acid groups (broad SMARTS) is 1. The molecule has 4 rings (SSSR count). The van der Waals surface area contributed by atoms with Gasteiger partial charge in [0.15, 0.2) is 5.82 Å². The van der Waals surface area contributed by atoms with Crippen molar-refractivity contribution >= 4 is 44.3 Å². The second-order valence-electron chi connectivity index (χ2n) is 7.99. The lowest BCUT2D eigenvalue weighted by atomic mass is 10.1. The van der Waals surface area contributed by atoms with Crippen LogP contribution >= 0.6 is 11.6 Å². The molecule has 4 aromatic rings. The Bertz CT molecular complexity index is 1600. The third-order valence-corrected chi connectivity index (χ3v) is 7.69. The zero-order valence-electron chi connectivity index (χ0n) is 18.8. The number of carboxylic acids is 1. The Morgan fingerprint density at radius 1 is 1.14 bits per heavy atom. The van der Waals surface area contributed by atoms with Crippen LogP contribution in [0.2, 0.25) is 5.02 Å². The number of hydrogen-bond acceptors (Lipinski definition) is 5. The number of aromatic nitrogens is 3. The maximum atomic E-state index is 13.8. The first-order valence-electron chi connectivity index (χ1n) is 10.3. The van der Waals surface area contributed by atoms with Gasteiger partial charge in [0.1, 0.15) is 0 Å². The van der Waals surface area contributed by atoms with Crippen LogP contribution in [-0.4, -0.2) is 34.3 Å². The van der Waals surface area contributed by atoms with Gasteiger partial charge in [-0.05, 0) is 54.4 Å². The highest BCUT2D eigenvalue weighted by molar-refractivity contribution is 7.92. The number of hydrogen-bond donors (Lipinski definition) is 1. The van der Waals surface area contributed by atoms with E-state index in [1.54, 1.807) is 36.1 Å². The van der Waals surface area contributed by atoms with E-state index in [0.717, 1.165) is 27.3 Å². The van der Waals surface area contributed by atoms with Crippen molar-refractivity contribution < 1.29 is 31.5 Å². The van der Waals surface area contributed by atoms with Crippen molar-refractivity contribution in [1.29, 1.82) is 0 Å². The third kappa shape index (κ3) is 4.73. The molecule has 0 radical (unpaired) electrons. The minimum Gasteiger partial charge on any atom is -0.478 e. The standard InChI is InChI=1S/C23H18ClF3N4O4S/c1-13-7-15(22(32)33)4-6-20(13)36(34,35)31(21-18(24)9-17(11-28-21)23(25,26)27)12-14-3-5-19-16(8-14)10-29-30(19)2/h3-11H,12H2,1-2H3,(H,32,33). The quantitative estimate of drug-likeness (QED) is 0.368. The van der Waals surface area contributed by atoms with Gasteiger partial charge in [-0.15, -0.1) is 0 Å². The summed E-state index contributed by atoms with van der Waals surface area (Å²) in [5.41, 5.74) is 0.166. The normalized spacial score (nSPS) is 12.2. The van der Waals surface area contributed by atoms with E-state index in [2.05, 4.69) is 10.1 Å². The molecular weight excluding hydrogens is 521 g/mol. The average molecular weight is 539 g/mol. The highest BCUT2D eigenvalue weighted by Gasteiger charge is 2.34. The van der Waals surface area contributed by atoms with Gasteiger partial charge in [0, 0.05) is 18.6 Å². The zero-order chi connectivity index (χ0) is 26.4. The predicted octanol–water partition coefficient (Wildman–Crippen LogP) is 5.04. The van der Waals surface area contributed by atoms with E-state index >= 15 is 0 Å². The third-order valence-electron chi connectivity index (χ3n) is 5.51. The number of halogens is 4. The number of sulfonamides is 1. The molecule has 0 atom stereocenters. The lowest BCUT2D eigenvalue weighted by molar-refractivity contribution is -0.137. The maximum absolute atomic E-state index is 13.8. The summed E-state index contributed by atoms with van der Waals surface area (Å²) in [7, 11) is -2.71. The molecule has 8 nitrogen and oxygen atoms in total. The molecule has 0 saturated heterocycles. The average Bonchev–Trinajstić information content (AvgIpc) is 3.16. The van der Waals surface area contributed by atoms with Gasteiger partial charge in [0.25, 0.3) is 10.0 Å². The molecule has 0 aliphatic rings. The Labute approximate surface area is 208 Å². The van der Waals surface area contributed by atoms with Crippen LogP contribution < -0.4 is 4.31 Å². The maximum Gasteiger partial charge on any atom is 0.417 e. The van der Waals surface area contributed by atoms with E-state index in [9.17, 15) is 31.5 Å². The first-order valence-corrected chi connectivity index (χ1v) is 12.1. The molecule has 0 fully saturated rings. The number of alkyl halides is 3. The number of aromatic carboxylic acids is 1. The fourth-order valence-corrected chi connectivity index (χ4v) is 5.66. The van der Waals surface area contributed by atoms with E-state index < -0.39 is 38.6 Å². The minimum atomic E-state index is -4.73. The fourth-order valence-electron chi connectivity index (χ4n) is 3.71. The van der Waals surface area contributed by atoms with Gasteiger partial charge >= 0.3 is 12.1 Å². The summed E-state index contributed by atoms with van der Waals surface area (Å²) >= 11 is 6.14. The van der Waals surface area contributed by atoms with Crippen LogP contribution in [-0.2, 0) is 29.8 Å². The van der Waals surface area contributed by atoms with Crippen LogP contribution in [0.4, 0.5) is 19.0 Å². The molecule has 0 spiro atoms. The number of aryl methyl sites for hydroxylation is 2. The summed E-state index contributed by atoms with van der Waals surface area (Å²) in [6.07, 6.45) is -2.63. The Morgan fingerprint density at radius 3 is 2.47 bits per heavy atom. The second-order valence-corrected chi connectivity index (χ2v) is 10.2. The summed E-state index contributed by atoms with van der Waals surface area (Å²) < 4.78 is 69.5. The van der Waals surface area contributed by atoms with Crippen LogP contribution in [0.3, 0.4) is 0 Å². The Hall–Kier alpha value is -3.64. The number of anilines is 1. The molecule has 13 heteroatoms. The summed E-state index contributed by atoms with van der Waals surface area (Å²) in [6, 6.07) is 9.15. The molecule has 0 aliphatic carbocycles. The van der Waals surface area contributed by atoms with Crippen LogP contribution in [0.25, 0.3) is 10.9 Å². The van der Waals surface area contributed by atoms with Gasteiger partial charge in [-0.3, -0.25) is 4.68 Å². The van der Waals surface area contributed by atoms with E-state index in [0.29, 0.717) is 17.8 Å². The van der Waals surface area contributed by atoms with Crippen LogP contribution in [0.15, 0.2) is 59.8 Å². The smallest absolute Gasteiger partial charge is 0.417 e. The molecule has 1 N–H and O–H groups in total. The SMILES string of the molecule is Cc1cc(C(=O)O)ccc1S(=O)(=O)N(Cc1ccc2c(cnn2C)c1)c1ncc(C(F)(F)F)cc1Cl. The number of rotatable bonds is 6. The highest BCUT2D eigenvalue weighted by Crippen LogP contribution is 2.36. The number of benzene rings is 2. The van der Waals surface area contributed by atoms with Crippen molar-refractivity contribution in [2.75, 3.05) is 4.31 Å². The fraction of sp³-hybridized carbons (Fsp3) is 0.174. The molecule has 2 heterocycles. The van der Waals surface area contributed by atoms with Gasteiger partial charge in [0.2, 0.25) is 0 Å². The van der Waals surface area contributed by atoms with Crippen molar-refractivity contribution in [2.24, 2.45) is 7.05 Å². The molecule has 2 aromatic heterocycles. The summed E-state index contributed by atoms with van der Waals surface area (Å²) in [6.45, 7) is 1.10. The first-order chi connectivity index (χ1) is 16.8. The summed E-state index contributed by atoms with van der Waals surface area (Å²) in [5.74, 6) is -1.64. The summed E-state index contributed by atoms with van der Waals surface area (Å²) in [4.78, 5) is 14.8. The van der Waals surface area contributed by atoms with Gasteiger partial charge in [0.05, 0.1) is 39.3 Å². The summed E-state index contributed by atoms with van der Waals surface area (Å²) in [5, 5.41) is 13.6. The van der Waals surface area contributed by atoms with Crippen molar-refractivity contribution in [3.63, 3.8) is 0 Å². The number of pyridine rings is 1. The molecule has 36 heavy (non-hydrogen) atoms. The van der Waals surface area contributed by atoms with Gasteiger partial charge in [-0.1, -0.05) is 17.7 Å². The van der Waals surface area contributed by atoms with Gasteiger partial charge in [-0.25, -0.2) is 22.5 Å². The topological polar surface area (TPSA) is 105 Å². The second kappa shape index (κ2) is 9.10. The van der Waals surface area contributed by atoms with E-state index in [-0.39, 0.29) is 22.6 Å². The monoisotopic (exact) mass is 538 g/mol. The van der Waals surface area contributed by atoms with Crippen LogP contribution in [0.5, 0.6) is 0 Å². The lowest BCUT2D eigenvalue weighted by Gasteiger charge is -2.26. The Morgan fingerprint density at radius 2 is 1.86 bits per heavy atom. The molecular formula is C23H18ClF3N4O4S. The number of fused-ring (bicyclic) bond motifs is 1. The van der Waals surface area contributed by atoms with Gasteiger partial charge in [-0.2, -0.15) is 18.3 Å². The van der Waals surface area contributed by atoms with Crippen molar-refractivity contribution in [3.05, 3.63) is 82.1 Å². The van der Waals surface area contributed by atoms with Crippen LogP contribution in [0.1, 0.15) is 27.0 Å². The molecule has 0 unspecified atom stereocenters. The molecule has 0 aliphatic heterocycles. The number of carbonyl (C=O) groups is 1. The molecule has 2 aromatic carbocycles. The molecule has 188 valence electrons. The zero-order valence-corrected chi connectivity index (χ0v) is 20.4. The molecule has 0 saturated carbocycles. The predicted molar refractivity (Wildman–Crippen MR) is 126 cm³/mol. The van der Waals surface area contributed by atoms with Crippen molar-refractivity contribution in [3.8, 4) is 0 Å². The molecule has 0 bridgehead atoms. The highest BCUT2D eigenvalue weighted by atomic mass is 35.5. The van der Waals surface area contributed by atoms with E-state index in [1.165, 1.54) is 13.0 Å². The van der Waals surface area contributed by atoms with E-state index in [1.807, 2.05) is 0 Å². The minimum absolute atomic E-state index is 0.120. The van der Waals surface area contributed by atoms with Gasteiger partial charge < -0.3 is 5.11 Å². The Balaban J connectivity index is 1.86. The van der Waals surface area contributed by atoms with E-state index in [4.69, 9.17) is 11.6 Å². The first kappa shape index (κ1) is 25.5. The lowest BCUT2D eigenvalue weighted by Crippen LogP contribution is -2.32. The molecule has 0 amide bonds. The van der Waals surface area contributed by atoms with Crippen molar-refractivity contribution in [1.82, 2.24) is 14.8 Å². The van der Waals surface area contributed by atoms with Crippen molar-refractivity contribution in [2.45, 2.75) is 24.5 Å². The Kier molecular flexibility index (Phi) is 6.43. The number of nitrogens with zero attached hydrogens (tertiary/aromatic N) is 4. The largest absolute Gasteiger partial charge is 0.478 e. The van der Waals surface area contributed by atoms with Crippen LogP contribution in [0, 0.1) is 6.92 Å².